The van der Waals surface area contributed by atoms with Crippen molar-refractivity contribution in [2.24, 2.45) is 0 Å². The van der Waals surface area contributed by atoms with Crippen molar-refractivity contribution in [3.05, 3.63) is 36.2 Å². The van der Waals surface area contributed by atoms with Crippen molar-refractivity contribution < 1.29 is 0 Å². The molecule has 0 unspecified atom stereocenters. The van der Waals surface area contributed by atoms with E-state index in [0.717, 1.165) is 13.1 Å². The fourth-order valence-electron chi connectivity index (χ4n) is 1.78. The zero-order valence-electron chi connectivity index (χ0n) is 7.27. The molecule has 0 saturated carbocycles. The topological polar surface area (TPSA) is 29.3 Å². The highest BCUT2D eigenvalue weighted by atomic mass is 15.2. The van der Waals surface area contributed by atoms with Gasteiger partial charge in [0.1, 0.15) is 0 Å². The number of pyridine rings is 1. The summed E-state index contributed by atoms with van der Waals surface area (Å²) in [5.41, 5.74) is 2.62. The Labute approximate surface area is 76.4 Å². The Morgan fingerprint density at radius 3 is 3.08 bits per heavy atom. The fraction of sp³-hybridized carbons (Fsp3) is 0.300. The van der Waals surface area contributed by atoms with Gasteiger partial charge in [0, 0.05) is 30.8 Å². The van der Waals surface area contributed by atoms with E-state index in [4.69, 9.17) is 0 Å². The van der Waals surface area contributed by atoms with Crippen LogP contribution in [-0.2, 0) is 0 Å². The highest BCUT2D eigenvalue weighted by Gasteiger charge is 2.21. The van der Waals surface area contributed by atoms with E-state index in [2.05, 4.69) is 22.5 Å². The fourth-order valence-corrected chi connectivity index (χ4v) is 1.78. The Morgan fingerprint density at radius 1 is 1.38 bits per heavy atom. The first-order valence-electron chi connectivity index (χ1n) is 4.58. The van der Waals surface area contributed by atoms with Crippen molar-refractivity contribution >= 4 is 5.52 Å². The summed E-state index contributed by atoms with van der Waals surface area (Å²) in [4.78, 5) is 0. The molecule has 1 saturated heterocycles. The minimum absolute atomic E-state index is 0.667. The van der Waals surface area contributed by atoms with E-state index in [-0.39, 0.29) is 0 Å². The summed E-state index contributed by atoms with van der Waals surface area (Å²) < 4.78 is 1.94. The van der Waals surface area contributed by atoms with Crippen LogP contribution in [0, 0.1) is 0 Å². The van der Waals surface area contributed by atoms with Crippen LogP contribution in [0.15, 0.2) is 30.6 Å². The molecule has 66 valence electrons. The number of hydrogen-bond donors (Lipinski definition) is 1. The molecule has 0 aliphatic carbocycles. The molecule has 0 aromatic carbocycles. The number of rotatable bonds is 1. The standard InChI is InChI=1S/C10H11N3/c1-2-4-13-10(3-1)9(7-12-13)8-5-11-6-8/h1-4,7-8,11H,5-6H2. The molecule has 1 fully saturated rings. The Bertz CT molecular complexity index is 428. The molecule has 0 amide bonds. The smallest absolute Gasteiger partial charge is 0.0697 e. The molecule has 3 heterocycles. The molecule has 2 aromatic heterocycles. The average Bonchev–Trinajstić information content (AvgIpc) is 2.47. The lowest BCUT2D eigenvalue weighted by atomic mass is 9.95. The van der Waals surface area contributed by atoms with Gasteiger partial charge in [0.25, 0.3) is 0 Å². The molecule has 0 bridgehead atoms. The van der Waals surface area contributed by atoms with E-state index >= 15 is 0 Å². The van der Waals surface area contributed by atoms with Gasteiger partial charge >= 0.3 is 0 Å². The number of fused-ring (bicyclic) bond motifs is 1. The van der Waals surface area contributed by atoms with E-state index in [1.54, 1.807) is 0 Å². The molecule has 3 rings (SSSR count). The number of hydrogen-bond acceptors (Lipinski definition) is 2. The van der Waals surface area contributed by atoms with Gasteiger partial charge < -0.3 is 5.32 Å². The van der Waals surface area contributed by atoms with Crippen molar-refractivity contribution in [2.75, 3.05) is 13.1 Å². The van der Waals surface area contributed by atoms with Gasteiger partial charge in [-0.05, 0) is 12.1 Å². The number of nitrogens with one attached hydrogen (secondary N) is 1. The molecular weight excluding hydrogens is 162 g/mol. The quantitative estimate of drug-likeness (QED) is 0.697. The first-order chi connectivity index (χ1) is 6.45. The van der Waals surface area contributed by atoms with Crippen molar-refractivity contribution in [1.29, 1.82) is 0 Å². The Balaban J connectivity index is 2.17. The van der Waals surface area contributed by atoms with Gasteiger partial charge in [0.05, 0.1) is 11.7 Å². The van der Waals surface area contributed by atoms with Crippen LogP contribution in [0.25, 0.3) is 5.52 Å². The van der Waals surface area contributed by atoms with Gasteiger partial charge in [-0.25, -0.2) is 4.52 Å². The van der Waals surface area contributed by atoms with Crippen molar-refractivity contribution in [3.8, 4) is 0 Å². The maximum atomic E-state index is 4.31. The Morgan fingerprint density at radius 2 is 2.31 bits per heavy atom. The summed E-state index contributed by atoms with van der Waals surface area (Å²) >= 11 is 0. The van der Waals surface area contributed by atoms with Crippen LogP contribution >= 0.6 is 0 Å². The number of nitrogens with zero attached hydrogens (tertiary/aromatic N) is 2. The van der Waals surface area contributed by atoms with E-state index in [0.29, 0.717) is 5.92 Å². The van der Waals surface area contributed by atoms with Gasteiger partial charge in [-0.2, -0.15) is 5.10 Å². The molecule has 0 spiro atoms. The largest absolute Gasteiger partial charge is 0.315 e. The van der Waals surface area contributed by atoms with E-state index in [1.807, 2.05) is 23.0 Å². The van der Waals surface area contributed by atoms with E-state index < -0.39 is 0 Å². The van der Waals surface area contributed by atoms with E-state index in [9.17, 15) is 0 Å². The molecule has 0 atom stereocenters. The van der Waals surface area contributed by atoms with Gasteiger partial charge in [0.2, 0.25) is 0 Å². The molecule has 1 aliphatic heterocycles. The van der Waals surface area contributed by atoms with Gasteiger partial charge in [-0.1, -0.05) is 6.07 Å². The molecule has 3 heteroatoms. The second-order valence-electron chi connectivity index (χ2n) is 3.49. The predicted molar refractivity (Wildman–Crippen MR) is 50.8 cm³/mol. The molecule has 3 nitrogen and oxygen atoms in total. The van der Waals surface area contributed by atoms with Crippen LogP contribution in [0.4, 0.5) is 0 Å². The summed E-state index contributed by atoms with van der Waals surface area (Å²) in [5.74, 6) is 0.667. The summed E-state index contributed by atoms with van der Waals surface area (Å²) in [6.45, 7) is 2.19. The SMILES string of the molecule is c1ccn2ncc(C3CNC3)c2c1. The Kier molecular flexibility index (Phi) is 1.40. The third kappa shape index (κ3) is 0.971. The van der Waals surface area contributed by atoms with Crippen LogP contribution in [0.3, 0.4) is 0 Å². The average molecular weight is 173 g/mol. The van der Waals surface area contributed by atoms with Crippen LogP contribution in [0.1, 0.15) is 11.5 Å². The zero-order valence-corrected chi connectivity index (χ0v) is 7.27. The van der Waals surface area contributed by atoms with Gasteiger partial charge in [0.15, 0.2) is 0 Å². The highest BCUT2D eigenvalue weighted by Crippen LogP contribution is 2.23. The van der Waals surface area contributed by atoms with E-state index in [1.165, 1.54) is 11.1 Å². The lowest BCUT2D eigenvalue weighted by Crippen LogP contribution is -2.39. The minimum Gasteiger partial charge on any atom is -0.315 e. The monoisotopic (exact) mass is 173 g/mol. The first kappa shape index (κ1) is 7.09. The summed E-state index contributed by atoms with van der Waals surface area (Å²) in [6, 6.07) is 6.19. The first-order valence-corrected chi connectivity index (χ1v) is 4.58. The molecule has 0 radical (unpaired) electrons. The molecule has 13 heavy (non-hydrogen) atoms. The molecule has 2 aromatic rings. The third-order valence-electron chi connectivity index (χ3n) is 2.68. The normalized spacial score (nSPS) is 17.5. The minimum atomic E-state index is 0.667. The molecule has 1 N–H and O–H groups in total. The maximum Gasteiger partial charge on any atom is 0.0697 e. The second-order valence-corrected chi connectivity index (χ2v) is 3.49. The van der Waals surface area contributed by atoms with Crippen molar-refractivity contribution in [1.82, 2.24) is 14.9 Å². The van der Waals surface area contributed by atoms with Crippen molar-refractivity contribution in [3.63, 3.8) is 0 Å². The predicted octanol–water partition coefficient (Wildman–Crippen LogP) is 1.02. The third-order valence-corrected chi connectivity index (χ3v) is 2.68. The summed E-state index contributed by atoms with van der Waals surface area (Å²) in [6.07, 6.45) is 3.98. The van der Waals surface area contributed by atoms with Crippen molar-refractivity contribution in [2.45, 2.75) is 5.92 Å². The lowest BCUT2D eigenvalue weighted by molar-refractivity contribution is 0.450. The Hall–Kier alpha value is -1.35. The summed E-state index contributed by atoms with van der Waals surface area (Å²) in [7, 11) is 0. The summed E-state index contributed by atoms with van der Waals surface area (Å²) in [5, 5.41) is 7.59. The highest BCUT2D eigenvalue weighted by molar-refractivity contribution is 5.55. The maximum absolute atomic E-state index is 4.31. The van der Waals surface area contributed by atoms with Crippen LogP contribution < -0.4 is 5.32 Å². The van der Waals surface area contributed by atoms with Gasteiger partial charge in [-0.3, -0.25) is 0 Å². The van der Waals surface area contributed by atoms with Crippen LogP contribution in [-0.4, -0.2) is 22.7 Å². The van der Waals surface area contributed by atoms with Crippen LogP contribution in [0.5, 0.6) is 0 Å². The van der Waals surface area contributed by atoms with Crippen LogP contribution in [0.2, 0.25) is 0 Å². The molecule has 1 aliphatic rings. The zero-order chi connectivity index (χ0) is 8.67. The second kappa shape index (κ2) is 2.57. The van der Waals surface area contributed by atoms with Gasteiger partial charge in [-0.15, -0.1) is 0 Å². The lowest BCUT2D eigenvalue weighted by Gasteiger charge is -2.26. The number of aromatic nitrogens is 2. The molecular formula is C10H11N3.